The lowest BCUT2D eigenvalue weighted by molar-refractivity contribution is -0.118. The van der Waals surface area contributed by atoms with Crippen molar-refractivity contribution in [3.63, 3.8) is 0 Å². The molecule has 0 saturated heterocycles. The van der Waals surface area contributed by atoms with Gasteiger partial charge in [-0.3, -0.25) is 9.59 Å². The van der Waals surface area contributed by atoms with Crippen LogP contribution >= 0.6 is 0 Å². The van der Waals surface area contributed by atoms with E-state index in [1.54, 1.807) is 11.0 Å². The molecular formula is C29H27N3O3. The number of rotatable bonds is 5. The average Bonchev–Trinajstić information content (AvgIpc) is 3.40. The molecule has 0 N–H and O–H groups in total. The summed E-state index contributed by atoms with van der Waals surface area (Å²) >= 11 is 0. The molecule has 0 fully saturated rings. The molecule has 1 aliphatic rings. The monoisotopic (exact) mass is 465 g/mol. The van der Waals surface area contributed by atoms with E-state index in [4.69, 9.17) is 4.52 Å². The Balaban J connectivity index is 1.52. The van der Waals surface area contributed by atoms with Gasteiger partial charge in [0.25, 0.3) is 5.91 Å². The van der Waals surface area contributed by atoms with Gasteiger partial charge in [0, 0.05) is 35.5 Å². The summed E-state index contributed by atoms with van der Waals surface area (Å²) in [5, 5.41) is 4.13. The van der Waals surface area contributed by atoms with Gasteiger partial charge >= 0.3 is 0 Å². The van der Waals surface area contributed by atoms with Crippen LogP contribution in [0.1, 0.15) is 48.8 Å². The van der Waals surface area contributed by atoms with E-state index in [0.717, 1.165) is 22.5 Å². The van der Waals surface area contributed by atoms with Crippen molar-refractivity contribution in [1.82, 2.24) is 5.16 Å². The Hall–Kier alpha value is -4.19. The third-order valence-electron chi connectivity index (χ3n) is 6.49. The lowest BCUT2D eigenvalue weighted by Crippen LogP contribution is -2.47. The molecule has 176 valence electrons. The molecule has 0 saturated carbocycles. The quantitative estimate of drug-likeness (QED) is 0.349. The fourth-order valence-corrected chi connectivity index (χ4v) is 4.83. The van der Waals surface area contributed by atoms with Gasteiger partial charge in [0.15, 0.2) is 0 Å². The third-order valence-corrected chi connectivity index (χ3v) is 6.49. The number of amides is 2. The van der Waals surface area contributed by atoms with E-state index in [0.29, 0.717) is 18.5 Å². The summed E-state index contributed by atoms with van der Waals surface area (Å²) in [4.78, 5) is 30.4. The molecule has 0 bridgehead atoms. The second-order valence-corrected chi connectivity index (χ2v) is 8.73. The molecule has 3 aromatic carbocycles. The Morgan fingerprint density at radius 2 is 1.63 bits per heavy atom. The van der Waals surface area contributed by atoms with Gasteiger partial charge in [-0.1, -0.05) is 78.8 Å². The number of anilines is 2. The van der Waals surface area contributed by atoms with Crippen LogP contribution in [0.5, 0.6) is 0 Å². The van der Waals surface area contributed by atoms with Gasteiger partial charge in [-0.05, 0) is 37.1 Å². The fraction of sp³-hybridized carbons (Fsp3) is 0.207. The van der Waals surface area contributed by atoms with E-state index >= 15 is 0 Å². The van der Waals surface area contributed by atoms with E-state index in [2.05, 4.69) is 5.16 Å². The summed E-state index contributed by atoms with van der Waals surface area (Å²) in [5.41, 5.74) is 4.08. The highest BCUT2D eigenvalue weighted by atomic mass is 16.5. The highest BCUT2D eigenvalue weighted by Crippen LogP contribution is 2.43. The predicted molar refractivity (Wildman–Crippen MR) is 136 cm³/mol. The second kappa shape index (κ2) is 9.58. The summed E-state index contributed by atoms with van der Waals surface area (Å²) in [5.74, 6) is -0.00890. The van der Waals surface area contributed by atoms with Crippen molar-refractivity contribution >= 4 is 23.2 Å². The molecule has 0 aliphatic carbocycles. The molecule has 35 heavy (non-hydrogen) atoms. The summed E-state index contributed by atoms with van der Waals surface area (Å²) < 4.78 is 5.49. The first-order valence-electron chi connectivity index (χ1n) is 11.9. The molecule has 0 radical (unpaired) electrons. The van der Waals surface area contributed by atoms with Crippen LogP contribution < -0.4 is 9.80 Å². The lowest BCUT2D eigenvalue weighted by Gasteiger charge is -2.43. The van der Waals surface area contributed by atoms with Gasteiger partial charge in [0.2, 0.25) is 11.7 Å². The van der Waals surface area contributed by atoms with E-state index in [-0.39, 0.29) is 29.7 Å². The van der Waals surface area contributed by atoms with Crippen molar-refractivity contribution < 1.29 is 14.1 Å². The molecule has 6 nitrogen and oxygen atoms in total. The smallest absolute Gasteiger partial charge is 0.297 e. The summed E-state index contributed by atoms with van der Waals surface area (Å²) in [7, 11) is 0. The number of nitrogens with zero attached hydrogens (tertiary/aromatic N) is 3. The molecule has 1 aliphatic heterocycles. The maximum Gasteiger partial charge on any atom is 0.297 e. The number of hydrogen-bond donors (Lipinski definition) is 0. The molecule has 2 amide bonds. The molecule has 0 spiro atoms. The van der Waals surface area contributed by atoms with E-state index in [1.807, 2.05) is 104 Å². The van der Waals surface area contributed by atoms with Crippen molar-refractivity contribution in [2.24, 2.45) is 0 Å². The SMILES string of the molecule is CCC(=O)N(c1ccccc1)[C@H]1CC(C)N(C(=O)c2cc(-c3ccccc3)no2)c2ccccc21. The maximum atomic E-state index is 13.7. The zero-order valence-corrected chi connectivity index (χ0v) is 19.8. The molecule has 5 rings (SSSR count). The number of para-hydroxylation sites is 2. The Morgan fingerprint density at radius 1 is 0.971 bits per heavy atom. The summed E-state index contributed by atoms with van der Waals surface area (Å²) in [6, 6.07) is 28.5. The molecule has 1 aromatic heterocycles. The van der Waals surface area contributed by atoms with Crippen LogP contribution in [0.25, 0.3) is 11.3 Å². The summed E-state index contributed by atoms with van der Waals surface area (Å²) in [6.07, 6.45) is 0.994. The van der Waals surface area contributed by atoms with Crippen LogP contribution in [0.4, 0.5) is 11.4 Å². The Bertz CT molecular complexity index is 1330. The molecule has 2 heterocycles. The van der Waals surface area contributed by atoms with Gasteiger partial charge in [-0.25, -0.2) is 0 Å². The van der Waals surface area contributed by atoms with Crippen LogP contribution in [-0.4, -0.2) is 23.0 Å². The van der Waals surface area contributed by atoms with Crippen molar-refractivity contribution in [1.29, 1.82) is 0 Å². The fourth-order valence-electron chi connectivity index (χ4n) is 4.83. The van der Waals surface area contributed by atoms with Crippen LogP contribution in [-0.2, 0) is 4.79 Å². The van der Waals surface area contributed by atoms with Gasteiger partial charge in [-0.15, -0.1) is 0 Å². The zero-order chi connectivity index (χ0) is 24.4. The zero-order valence-electron chi connectivity index (χ0n) is 19.8. The average molecular weight is 466 g/mol. The van der Waals surface area contributed by atoms with Gasteiger partial charge in [0.1, 0.15) is 5.69 Å². The van der Waals surface area contributed by atoms with Crippen molar-refractivity contribution in [3.05, 3.63) is 102 Å². The minimum Gasteiger partial charge on any atom is -0.350 e. The van der Waals surface area contributed by atoms with Crippen LogP contribution in [0, 0.1) is 0 Å². The second-order valence-electron chi connectivity index (χ2n) is 8.73. The van der Waals surface area contributed by atoms with Crippen LogP contribution in [0.2, 0.25) is 0 Å². The Morgan fingerprint density at radius 3 is 2.34 bits per heavy atom. The normalized spacial score (nSPS) is 17.0. The predicted octanol–water partition coefficient (Wildman–Crippen LogP) is 6.26. The standard InChI is InChI=1S/C29H27N3O3/c1-3-28(33)32(22-14-8-5-9-15-22)26-18-20(2)31(25-17-11-10-16-23(25)26)29(34)27-19-24(30-35-27)21-12-6-4-7-13-21/h4-17,19-20,26H,3,18H2,1-2H3/t20?,26-/m0/s1. The van der Waals surface area contributed by atoms with E-state index in [9.17, 15) is 9.59 Å². The molecule has 4 aromatic rings. The Kier molecular flexibility index (Phi) is 6.19. The first kappa shape index (κ1) is 22.6. The summed E-state index contributed by atoms with van der Waals surface area (Å²) in [6.45, 7) is 3.88. The van der Waals surface area contributed by atoms with Crippen LogP contribution in [0.15, 0.2) is 95.5 Å². The number of fused-ring (bicyclic) bond motifs is 1. The molecule has 6 heteroatoms. The highest BCUT2D eigenvalue weighted by molar-refractivity contribution is 6.06. The minimum atomic E-state index is -0.244. The first-order chi connectivity index (χ1) is 17.1. The number of carbonyl (C=O) groups excluding carboxylic acids is 2. The molecule has 2 atom stereocenters. The largest absolute Gasteiger partial charge is 0.350 e. The van der Waals surface area contributed by atoms with E-state index < -0.39 is 0 Å². The van der Waals surface area contributed by atoms with Crippen molar-refractivity contribution in [3.8, 4) is 11.3 Å². The number of carbonyl (C=O) groups is 2. The van der Waals surface area contributed by atoms with Crippen molar-refractivity contribution in [2.45, 2.75) is 38.8 Å². The lowest BCUT2D eigenvalue weighted by atomic mass is 9.89. The molecular weight excluding hydrogens is 438 g/mol. The minimum absolute atomic E-state index is 0.0470. The highest BCUT2D eigenvalue weighted by Gasteiger charge is 2.39. The molecule has 1 unspecified atom stereocenters. The van der Waals surface area contributed by atoms with Crippen LogP contribution in [0.3, 0.4) is 0 Å². The van der Waals surface area contributed by atoms with E-state index in [1.165, 1.54) is 0 Å². The third kappa shape index (κ3) is 4.23. The van der Waals surface area contributed by atoms with Gasteiger partial charge in [-0.2, -0.15) is 0 Å². The van der Waals surface area contributed by atoms with Crippen molar-refractivity contribution in [2.75, 3.05) is 9.80 Å². The number of aromatic nitrogens is 1. The Labute approximate surface area is 204 Å². The maximum absolute atomic E-state index is 13.7. The number of benzene rings is 3. The number of hydrogen-bond acceptors (Lipinski definition) is 4. The van der Waals surface area contributed by atoms with Gasteiger partial charge < -0.3 is 14.3 Å². The van der Waals surface area contributed by atoms with Gasteiger partial charge in [0.05, 0.1) is 6.04 Å². The first-order valence-corrected chi connectivity index (χ1v) is 11.9. The topological polar surface area (TPSA) is 66.7 Å².